The quantitative estimate of drug-likeness (QED) is 0.907. The lowest BCUT2D eigenvalue weighted by atomic mass is 10.0. The Hall–Kier alpha value is -1.71. The molecule has 0 amide bonds. The largest absolute Gasteiger partial charge is 0.329 e. The van der Waals surface area contributed by atoms with Gasteiger partial charge in [0.1, 0.15) is 0 Å². The average molecular weight is 269 g/mol. The molecule has 0 fully saturated rings. The molecule has 0 bridgehead atoms. The van der Waals surface area contributed by atoms with E-state index in [-0.39, 0.29) is 6.04 Å². The van der Waals surface area contributed by atoms with Crippen molar-refractivity contribution in [1.29, 1.82) is 0 Å². The van der Waals surface area contributed by atoms with Gasteiger partial charge in [-0.05, 0) is 38.6 Å². The first-order valence-electron chi connectivity index (χ1n) is 6.99. The van der Waals surface area contributed by atoms with Gasteiger partial charge in [0.05, 0.1) is 5.69 Å². The van der Waals surface area contributed by atoms with Crippen molar-refractivity contribution < 1.29 is 0 Å². The average Bonchev–Trinajstić information content (AvgIpc) is 2.42. The SMILES string of the molecule is Cc1ccc(C(CN)N(C)Cc2cccc(C)n2)cc1. The fourth-order valence-corrected chi connectivity index (χ4v) is 2.41. The molecule has 0 aliphatic rings. The summed E-state index contributed by atoms with van der Waals surface area (Å²) in [5.74, 6) is 0. The second-order valence-electron chi connectivity index (χ2n) is 5.35. The number of hydrogen-bond acceptors (Lipinski definition) is 3. The molecule has 20 heavy (non-hydrogen) atoms. The molecular formula is C17H23N3. The number of aromatic nitrogens is 1. The summed E-state index contributed by atoms with van der Waals surface area (Å²) in [6.07, 6.45) is 0. The lowest BCUT2D eigenvalue weighted by molar-refractivity contribution is 0.239. The van der Waals surface area contributed by atoms with E-state index >= 15 is 0 Å². The van der Waals surface area contributed by atoms with Crippen LogP contribution >= 0.6 is 0 Å². The number of likely N-dealkylation sites (N-methyl/N-ethyl adjacent to an activating group) is 1. The lowest BCUT2D eigenvalue weighted by Crippen LogP contribution is -2.30. The van der Waals surface area contributed by atoms with Gasteiger partial charge in [0, 0.05) is 24.8 Å². The van der Waals surface area contributed by atoms with Crippen LogP contribution in [-0.4, -0.2) is 23.5 Å². The van der Waals surface area contributed by atoms with E-state index in [9.17, 15) is 0 Å². The summed E-state index contributed by atoms with van der Waals surface area (Å²) in [7, 11) is 2.10. The lowest BCUT2D eigenvalue weighted by Gasteiger charge is -2.27. The van der Waals surface area contributed by atoms with Crippen LogP contribution in [0, 0.1) is 13.8 Å². The summed E-state index contributed by atoms with van der Waals surface area (Å²) in [5.41, 5.74) is 10.6. The Morgan fingerprint density at radius 3 is 2.40 bits per heavy atom. The van der Waals surface area contributed by atoms with E-state index in [1.54, 1.807) is 0 Å². The van der Waals surface area contributed by atoms with Crippen molar-refractivity contribution in [1.82, 2.24) is 9.88 Å². The smallest absolute Gasteiger partial charge is 0.0547 e. The molecule has 1 aromatic heterocycles. The first-order chi connectivity index (χ1) is 9.60. The number of aryl methyl sites for hydroxylation is 2. The maximum absolute atomic E-state index is 5.97. The number of nitrogens with zero attached hydrogens (tertiary/aromatic N) is 2. The van der Waals surface area contributed by atoms with Crippen LogP contribution in [-0.2, 0) is 6.54 Å². The highest BCUT2D eigenvalue weighted by molar-refractivity contribution is 5.24. The Morgan fingerprint density at radius 1 is 1.10 bits per heavy atom. The van der Waals surface area contributed by atoms with Gasteiger partial charge in [-0.25, -0.2) is 0 Å². The van der Waals surface area contributed by atoms with Crippen molar-refractivity contribution in [3.8, 4) is 0 Å². The topological polar surface area (TPSA) is 42.1 Å². The molecule has 106 valence electrons. The van der Waals surface area contributed by atoms with Gasteiger partial charge in [0.2, 0.25) is 0 Å². The van der Waals surface area contributed by atoms with Gasteiger partial charge in [-0.1, -0.05) is 35.9 Å². The van der Waals surface area contributed by atoms with Gasteiger partial charge in [0.25, 0.3) is 0 Å². The molecule has 2 aromatic rings. The second-order valence-corrected chi connectivity index (χ2v) is 5.35. The fraction of sp³-hybridized carbons (Fsp3) is 0.353. The zero-order valence-electron chi connectivity index (χ0n) is 12.5. The van der Waals surface area contributed by atoms with Crippen LogP contribution in [0.1, 0.15) is 28.6 Å². The molecule has 3 nitrogen and oxygen atoms in total. The van der Waals surface area contributed by atoms with Crippen LogP contribution in [0.15, 0.2) is 42.5 Å². The Labute approximate surface area is 121 Å². The maximum atomic E-state index is 5.97. The molecule has 1 heterocycles. The number of nitrogens with two attached hydrogens (primary N) is 1. The Morgan fingerprint density at radius 2 is 1.80 bits per heavy atom. The zero-order valence-corrected chi connectivity index (χ0v) is 12.5. The molecule has 0 saturated carbocycles. The van der Waals surface area contributed by atoms with E-state index in [1.165, 1.54) is 11.1 Å². The molecule has 0 spiro atoms. The number of hydrogen-bond donors (Lipinski definition) is 1. The number of rotatable bonds is 5. The van der Waals surface area contributed by atoms with Crippen molar-refractivity contribution >= 4 is 0 Å². The van der Waals surface area contributed by atoms with Crippen molar-refractivity contribution in [3.63, 3.8) is 0 Å². The van der Waals surface area contributed by atoms with E-state index < -0.39 is 0 Å². The first kappa shape index (κ1) is 14.7. The van der Waals surface area contributed by atoms with Crippen LogP contribution in [0.25, 0.3) is 0 Å². The molecule has 0 aliphatic carbocycles. The minimum absolute atomic E-state index is 0.220. The predicted octanol–water partition coefficient (Wildman–Crippen LogP) is 2.83. The second kappa shape index (κ2) is 6.64. The van der Waals surface area contributed by atoms with E-state index in [1.807, 2.05) is 13.0 Å². The Kier molecular flexibility index (Phi) is 4.88. The van der Waals surface area contributed by atoms with Crippen LogP contribution in [0.3, 0.4) is 0 Å². The molecule has 1 aromatic carbocycles. The summed E-state index contributed by atoms with van der Waals surface area (Å²) < 4.78 is 0. The summed E-state index contributed by atoms with van der Waals surface area (Å²) in [6.45, 7) is 5.52. The van der Waals surface area contributed by atoms with Crippen molar-refractivity contribution in [2.45, 2.75) is 26.4 Å². The third kappa shape index (κ3) is 3.65. The van der Waals surface area contributed by atoms with Crippen molar-refractivity contribution in [2.75, 3.05) is 13.6 Å². The molecule has 0 aliphatic heterocycles. The van der Waals surface area contributed by atoms with Crippen LogP contribution in [0.5, 0.6) is 0 Å². The predicted molar refractivity (Wildman–Crippen MR) is 83.4 cm³/mol. The molecule has 1 atom stereocenters. The molecule has 0 saturated heterocycles. The highest BCUT2D eigenvalue weighted by Gasteiger charge is 2.15. The fourth-order valence-electron chi connectivity index (χ4n) is 2.41. The van der Waals surface area contributed by atoms with Crippen molar-refractivity contribution in [2.24, 2.45) is 5.73 Å². The van der Waals surface area contributed by atoms with E-state index in [0.717, 1.165) is 17.9 Å². The van der Waals surface area contributed by atoms with Gasteiger partial charge >= 0.3 is 0 Å². The van der Waals surface area contributed by atoms with Crippen LogP contribution < -0.4 is 5.73 Å². The summed E-state index contributed by atoms with van der Waals surface area (Å²) in [5, 5.41) is 0. The normalized spacial score (nSPS) is 12.7. The Balaban J connectivity index is 2.13. The molecule has 2 N–H and O–H groups in total. The minimum atomic E-state index is 0.220. The Bertz CT molecular complexity index is 548. The van der Waals surface area contributed by atoms with E-state index in [0.29, 0.717) is 6.54 Å². The summed E-state index contributed by atoms with van der Waals surface area (Å²) >= 11 is 0. The third-order valence-corrected chi connectivity index (χ3v) is 3.57. The van der Waals surface area contributed by atoms with Crippen LogP contribution in [0.2, 0.25) is 0 Å². The van der Waals surface area contributed by atoms with Crippen molar-refractivity contribution in [3.05, 3.63) is 65.0 Å². The molecule has 0 radical (unpaired) electrons. The summed E-state index contributed by atoms with van der Waals surface area (Å²) in [6, 6.07) is 14.9. The van der Waals surface area contributed by atoms with Gasteiger partial charge < -0.3 is 5.73 Å². The molecule has 2 rings (SSSR count). The maximum Gasteiger partial charge on any atom is 0.0547 e. The zero-order chi connectivity index (χ0) is 14.5. The first-order valence-corrected chi connectivity index (χ1v) is 6.99. The van der Waals surface area contributed by atoms with Gasteiger partial charge in [-0.2, -0.15) is 0 Å². The van der Waals surface area contributed by atoms with Gasteiger partial charge in [0.15, 0.2) is 0 Å². The number of pyridine rings is 1. The third-order valence-electron chi connectivity index (χ3n) is 3.57. The van der Waals surface area contributed by atoms with Crippen LogP contribution in [0.4, 0.5) is 0 Å². The molecule has 1 unspecified atom stereocenters. The molecular weight excluding hydrogens is 246 g/mol. The standard InChI is InChI=1S/C17H23N3/c1-13-7-9-15(10-8-13)17(11-18)20(3)12-16-6-4-5-14(2)19-16/h4-10,17H,11-12,18H2,1-3H3. The minimum Gasteiger partial charge on any atom is -0.329 e. The highest BCUT2D eigenvalue weighted by atomic mass is 15.1. The van der Waals surface area contributed by atoms with E-state index in [2.05, 4.69) is 60.3 Å². The molecule has 3 heteroatoms. The van der Waals surface area contributed by atoms with Gasteiger partial charge in [-0.15, -0.1) is 0 Å². The summed E-state index contributed by atoms with van der Waals surface area (Å²) in [4.78, 5) is 6.81. The monoisotopic (exact) mass is 269 g/mol. The number of benzene rings is 1. The highest BCUT2D eigenvalue weighted by Crippen LogP contribution is 2.20. The van der Waals surface area contributed by atoms with E-state index in [4.69, 9.17) is 5.73 Å². The van der Waals surface area contributed by atoms with Gasteiger partial charge in [-0.3, -0.25) is 9.88 Å².